The second-order valence-corrected chi connectivity index (χ2v) is 7.80. The van der Waals surface area contributed by atoms with Crippen LogP contribution < -0.4 is 19.7 Å². The Labute approximate surface area is 181 Å². The number of fused-ring (bicyclic) bond motifs is 1. The van der Waals surface area contributed by atoms with E-state index in [2.05, 4.69) is 15.0 Å². The lowest BCUT2D eigenvalue weighted by molar-refractivity contribution is -0.274. The Bertz CT molecular complexity index is 1060. The Morgan fingerprint density at radius 2 is 1.90 bits per heavy atom. The van der Waals surface area contributed by atoms with Crippen LogP contribution in [0.3, 0.4) is 0 Å². The first-order valence-electron chi connectivity index (χ1n) is 9.18. The molecule has 31 heavy (non-hydrogen) atoms. The van der Waals surface area contributed by atoms with E-state index in [0.29, 0.717) is 39.9 Å². The predicted molar refractivity (Wildman–Crippen MR) is 114 cm³/mol. The van der Waals surface area contributed by atoms with Crippen molar-refractivity contribution in [3.63, 3.8) is 0 Å². The van der Waals surface area contributed by atoms with Crippen LogP contribution >= 0.6 is 11.3 Å². The SMILES string of the molecule is COc1cccc(NC(=O)N(CCN(C)C)c2nc3ccc(OC(F)(F)F)cc3s2)c1. The molecule has 0 unspecified atom stereocenters. The van der Waals surface area contributed by atoms with Crippen LogP contribution in [0.5, 0.6) is 11.5 Å². The van der Waals surface area contributed by atoms with E-state index in [1.807, 2.05) is 19.0 Å². The van der Waals surface area contributed by atoms with Crippen LogP contribution in [-0.2, 0) is 0 Å². The van der Waals surface area contributed by atoms with Gasteiger partial charge in [0, 0.05) is 30.9 Å². The standard InChI is InChI=1S/C20H21F3N4O3S/c1-26(2)9-10-27(18(28)24-13-5-4-6-14(11-13)29-3)19-25-16-8-7-15(12-17(16)31-19)30-20(21,22)23/h4-8,11-12H,9-10H2,1-3H3,(H,24,28). The molecule has 0 aliphatic heterocycles. The van der Waals surface area contributed by atoms with Gasteiger partial charge in [0.1, 0.15) is 11.5 Å². The molecule has 2 aromatic carbocycles. The minimum Gasteiger partial charge on any atom is -0.497 e. The number of halogens is 3. The van der Waals surface area contributed by atoms with Crippen molar-refractivity contribution in [3.05, 3.63) is 42.5 Å². The van der Waals surface area contributed by atoms with Crippen molar-refractivity contribution in [2.75, 3.05) is 44.5 Å². The second kappa shape index (κ2) is 9.40. The highest BCUT2D eigenvalue weighted by Gasteiger charge is 2.31. The zero-order chi connectivity index (χ0) is 22.6. The number of hydrogen-bond acceptors (Lipinski definition) is 6. The van der Waals surface area contributed by atoms with Crippen LogP contribution in [0.2, 0.25) is 0 Å². The lowest BCUT2D eigenvalue weighted by Crippen LogP contribution is -2.39. The first kappa shape index (κ1) is 22.6. The zero-order valence-electron chi connectivity index (χ0n) is 17.1. The van der Waals surface area contributed by atoms with Gasteiger partial charge in [-0.1, -0.05) is 17.4 Å². The Morgan fingerprint density at radius 3 is 2.58 bits per heavy atom. The molecule has 7 nitrogen and oxygen atoms in total. The van der Waals surface area contributed by atoms with Crippen LogP contribution in [0.25, 0.3) is 10.2 Å². The number of carbonyl (C=O) groups excluding carboxylic acids is 1. The molecule has 11 heteroatoms. The van der Waals surface area contributed by atoms with Gasteiger partial charge in [-0.25, -0.2) is 9.78 Å². The number of anilines is 2. The van der Waals surface area contributed by atoms with E-state index in [1.54, 1.807) is 24.3 Å². The fourth-order valence-corrected chi connectivity index (χ4v) is 3.70. The molecule has 1 aromatic heterocycles. The number of carbonyl (C=O) groups is 1. The van der Waals surface area contributed by atoms with E-state index in [0.717, 1.165) is 11.3 Å². The van der Waals surface area contributed by atoms with Gasteiger partial charge in [-0.05, 0) is 38.4 Å². The van der Waals surface area contributed by atoms with E-state index in [1.165, 1.54) is 30.2 Å². The molecule has 0 atom stereocenters. The molecule has 0 saturated heterocycles. The monoisotopic (exact) mass is 454 g/mol. The highest BCUT2D eigenvalue weighted by atomic mass is 32.1. The smallest absolute Gasteiger partial charge is 0.497 e. The highest BCUT2D eigenvalue weighted by molar-refractivity contribution is 7.22. The predicted octanol–water partition coefficient (Wildman–Crippen LogP) is 4.80. The number of nitrogens with zero attached hydrogens (tertiary/aromatic N) is 3. The zero-order valence-corrected chi connectivity index (χ0v) is 17.9. The highest BCUT2D eigenvalue weighted by Crippen LogP contribution is 2.33. The molecular formula is C20H21F3N4O3S. The molecule has 0 spiro atoms. The summed E-state index contributed by atoms with van der Waals surface area (Å²) < 4.78 is 47.1. The van der Waals surface area contributed by atoms with Crippen LogP contribution in [0.4, 0.5) is 28.8 Å². The maximum absolute atomic E-state index is 13.0. The first-order valence-corrected chi connectivity index (χ1v) is 10.00. The van der Waals surface area contributed by atoms with E-state index >= 15 is 0 Å². The summed E-state index contributed by atoms with van der Waals surface area (Å²) in [7, 11) is 5.27. The minimum absolute atomic E-state index is 0.328. The minimum atomic E-state index is -4.78. The van der Waals surface area contributed by atoms with E-state index in [9.17, 15) is 18.0 Å². The number of hydrogen-bond donors (Lipinski definition) is 1. The Hall–Kier alpha value is -3.05. The maximum Gasteiger partial charge on any atom is 0.573 e. The van der Waals surface area contributed by atoms with Gasteiger partial charge in [0.15, 0.2) is 5.13 Å². The summed E-state index contributed by atoms with van der Waals surface area (Å²) in [6.07, 6.45) is -4.78. The number of aromatic nitrogens is 1. The fourth-order valence-electron chi connectivity index (χ4n) is 2.68. The normalized spacial score (nSPS) is 11.6. The lowest BCUT2D eigenvalue weighted by atomic mass is 10.3. The Morgan fingerprint density at radius 1 is 1.13 bits per heavy atom. The summed E-state index contributed by atoms with van der Waals surface area (Å²) in [5.41, 5.74) is 1.01. The van der Waals surface area contributed by atoms with Crippen molar-refractivity contribution < 1.29 is 27.4 Å². The lowest BCUT2D eigenvalue weighted by Gasteiger charge is -2.22. The van der Waals surface area contributed by atoms with Crippen molar-refractivity contribution >= 4 is 38.4 Å². The van der Waals surface area contributed by atoms with Gasteiger partial charge < -0.3 is 19.7 Å². The first-order chi connectivity index (χ1) is 14.6. The molecule has 1 N–H and O–H groups in total. The van der Waals surface area contributed by atoms with Gasteiger partial charge >= 0.3 is 12.4 Å². The van der Waals surface area contributed by atoms with Gasteiger partial charge in [-0.15, -0.1) is 13.2 Å². The third-order valence-electron chi connectivity index (χ3n) is 4.15. The molecule has 2 amide bonds. The molecular weight excluding hydrogens is 433 g/mol. The third kappa shape index (κ3) is 6.22. The van der Waals surface area contributed by atoms with Gasteiger partial charge in [-0.3, -0.25) is 4.90 Å². The molecule has 3 rings (SSSR count). The van der Waals surface area contributed by atoms with Crippen LogP contribution in [0.15, 0.2) is 42.5 Å². The number of likely N-dealkylation sites (N-methyl/N-ethyl adjacent to an activating group) is 1. The number of nitrogens with one attached hydrogen (secondary N) is 1. The molecule has 0 aliphatic rings. The molecule has 0 aliphatic carbocycles. The molecule has 0 saturated carbocycles. The second-order valence-electron chi connectivity index (χ2n) is 6.79. The Kier molecular flexibility index (Phi) is 6.86. The van der Waals surface area contributed by atoms with Gasteiger partial charge in [-0.2, -0.15) is 0 Å². The maximum atomic E-state index is 13.0. The number of ether oxygens (including phenoxy) is 2. The summed E-state index contributed by atoms with van der Waals surface area (Å²) in [6.45, 7) is 0.887. The Balaban J connectivity index is 1.88. The van der Waals surface area contributed by atoms with Gasteiger partial charge in [0.25, 0.3) is 0 Å². The van der Waals surface area contributed by atoms with Gasteiger partial charge in [0.2, 0.25) is 0 Å². The number of urea groups is 1. The molecule has 0 fully saturated rings. The number of thiazole rings is 1. The number of amides is 2. The van der Waals surface area contributed by atoms with Gasteiger partial charge in [0.05, 0.1) is 17.3 Å². The van der Waals surface area contributed by atoms with Crippen LogP contribution in [0.1, 0.15) is 0 Å². The van der Waals surface area contributed by atoms with E-state index in [-0.39, 0.29) is 5.75 Å². The molecule has 1 heterocycles. The molecule has 0 bridgehead atoms. The van der Waals surface area contributed by atoms with E-state index in [4.69, 9.17) is 4.74 Å². The summed E-state index contributed by atoms with van der Waals surface area (Å²) in [5, 5.41) is 3.17. The molecule has 0 radical (unpaired) electrons. The number of rotatable bonds is 7. The summed E-state index contributed by atoms with van der Waals surface area (Å²) >= 11 is 1.11. The summed E-state index contributed by atoms with van der Waals surface area (Å²) in [6, 6.07) is 10.4. The third-order valence-corrected chi connectivity index (χ3v) is 5.19. The number of alkyl halides is 3. The van der Waals surface area contributed by atoms with E-state index < -0.39 is 12.4 Å². The van der Waals surface area contributed by atoms with Crippen molar-refractivity contribution in [1.29, 1.82) is 0 Å². The summed E-state index contributed by atoms with van der Waals surface area (Å²) in [5.74, 6) is 0.255. The van der Waals surface area contributed by atoms with Crippen LogP contribution in [0, 0.1) is 0 Å². The average Bonchev–Trinajstić information content (AvgIpc) is 3.09. The van der Waals surface area contributed by atoms with Crippen molar-refractivity contribution in [3.8, 4) is 11.5 Å². The number of benzene rings is 2. The fraction of sp³-hybridized carbons (Fsp3) is 0.300. The molecule has 166 valence electrons. The quantitative estimate of drug-likeness (QED) is 0.555. The van der Waals surface area contributed by atoms with Crippen molar-refractivity contribution in [2.24, 2.45) is 0 Å². The average molecular weight is 454 g/mol. The topological polar surface area (TPSA) is 66.9 Å². The molecule has 3 aromatic rings. The van der Waals surface area contributed by atoms with Crippen molar-refractivity contribution in [2.45, 2.75) is 6.36 Å². The number of methoxy groups -OCH3 is 1. The summed E-state index contributed by atoms with van der Waals surface area (Å²) in [4.78, 5) is 20.8. The van der Waals surface area contributed by atoms with Crippen LogP contribution in [-0.4, -0.2) is 56.6 Å². The largest absolute Gasteiger partial charge is 0.573 e. The van der Waals surface area contributed by atoms with Crippen molar-refractivity contribution in [1.82, 2.24) is 9.88 Å².